The first kappa shape index (κ1) is 15.2. The molecule has 102 valence electrons. The zero-order valence-electron chi connectivity index (χ0n) is 12.2. The van der Waals surface area contributed by atoms with Crippen LogP contribution in [-0.4, -0.2) is 34.0 Å². The van der Waals surface area contributed by atoms with Gasteiger partial charge in [-0.25, -0.2) is 0 Å². The molecule has 0 atom stereocenters. The van der Waals surface area contributed by atoms with Gasteiger partial charge in [0.15, 0.2) is 0 Å². The maximum Gasteiger partial charge on any atom is 0.339 e. The maximum absolute atomic E-state index is 6.23. The van der Waals surface area contributed by atoms with Gasteiger partial charge in [-0.1, -0.05) is 13.8 Å². The summed E-state index contributed by atoms with van der Waals surface area (Å²) < 4.78 is 17.8. The molecule has 0 saturated carbocycles. The van der Waals surface area contributed by atoms with E-state index in [1.807, 2.05) is 0 Å². The fraction of sp³-hybridized carbons (Fsp3) is 1.00. The predicted molar refractivity (Wildman–Crippen MR) is 72.4 cm³/mol. The molecule has 0 aromatic carbocycles. The highest BCUT2D eigenvalue weighted by Crippen LogP contribution is 2.39. The van der Waals surface area contributed by atoms with Crippen molar-refractivity contribution in [1.82, 2.24) is 0 Å². The molecule has 0 aromatic rings. The quantitative estimate of drug-likeness (QED) is 0.657. The summed E-state index contributed by atoms with van der Waals surface area (Å²) in [6.45, 7) is 14.6. The number of rotatable bonds is 7. The topological polar surface area (TPSA) is 27.7 Å². The third-order valence-electron chi connectivity index (χ3n) is 3.04. The molecule has 1 aliphatic heterocycles. The zero-order chi connectivity index (χ0) is 13.1. The smallest absolute Gasteiger partial charge is 0.339 e. The zero-order valence-corrected chi connectivity index (χ0v) is 13.2. The van der Waals surface area contributed by atoms with E-state index in [1.165, 1.54) is 0 Å². The number of ether oxygens (including phenoxy) is 1. The lowest BCUT2D eigenvalue weighted by molar-refractivity contribution is -0.0956. The molecule has 1 fully saturated rings. The average Bonchev–Trinajstić information content (AvgIpc) is 2.13. The molecular formula is C13H28O3Si. The second kappa shape index (κ2) is 5.82. The van der Waals surface area contributed by atoms with Gasteiger partial charge in [0.25, 0.3) is 0 Å². The minimum absolute atomic E-state index is 0.241. The first-order chi connectivity index (χ1) is 7.81. The Morgan fingerprint density at radius 2 is 1.59 bits per heavy atom. The van der Waals surface area contributed by atoms with Crippen LogP contribution in [0.4, 0.5) is 0 Å². The SMILES string of the molecule is CC[Si](CC1(C)COC1)(OC(C)C)OC(C)C. The average molecular weight is 260 g/mol. The first-order valence-electron chi connectivity index (χ1n) is 6.74. The molecule has 1 saturated heterocycles. The molecule has 4 heteroatoms. The van der Waals surface area contributed by atoms with Gasteiger partial charge in [0.1, 0.15) is 0 Å². The van der Waals surface area contributed by atoms with Crippen molar-refractivity contribution in [2.75, 3.05) is 13.2 Å². The summed E-state index contributed by atoms with van der Waals surface area (Å²) in [6, 6.07) is 2.06. The summed E-state index contributed by atoms with van der Waals surface area (Å²) in [7, 11) is -2.08. The van der Waals surface area contributed by atoms with E-state index in [0.29, 0.717) is 0 Å². The van der Waals surface area contributed by atoms with Gasteiger partial charge in [-0.05, 0) is 33.7 Å². The standard InChI is InChI=1S/C13H28O3Si/c1-7-17(15-11(2)3,16-12(4)5)10-13(6)8-14-9-13/h11-12H,7-10H2,1-6H3. The highest BCUT2D eigenvalue weighted by Gasteiger charge is 2.47. The van der Waals surface area contributed by atoms with Gasteiger partial charge < -0.3 is 13.6 Å². The Balaban J connectivity index is 2.73. The van der Waals surface area contributed by atoms with Crippen LogP contribution < -0.4 is 0 Å². The van der Waals surface area contributed by atoms with Crippen LogP contribution in [0, 0.1) is 5.41 Å². The summed E-state index contributed by atoms with van der Waals surface area (Å²) in [5, 5.41) is 0. The van der Waals surface area contributed by atoms with Crippen LogP contribution in [0.2, 0.25) is 12.1 Å². The molecule has 0 unspecified atom stereocenters. The molecule has 0 aromatic heterocycles. The molecule has 1 aliphatic rings. The van der Waals surface area contributed by atoms with Gasteiger partial charge in [-0.2, -0.15) is 0 Å². The van der Waals surface area contributed by atoms with Crippen molar-refractivity contribution in [3.63, 3.8) is 0 Å². The lowest BCUT2D eigenvalue weighted by atomic mass is 9.91. The molecule has 1 rings (SSSR count). The molecule has 0 N–H and O–H groups in total. The second-order valence-electron chi connectivity index (χ2n) is 6.08. The Morgan fingerprint density at radius 3 is 1.82 bits per heavy atom. The number of hydrogen-bond acceptors (Lipinski definition) is 3. The monoisotopic (exact) mass is 260 g/mol. The normalized spacial score (nSPS) is 19.8. The van der Waals surface area contributed by atoms with Crippen molar-refractivity contribution in [1.29, 1.82) is 0 Å². The highest BCUT2D eigenvalue weighted by atomic mass is 28.4. The Kier molecular flexibility index (Phi) is 5.19. The van der Waals surface area contributed by atoms with Gasteiger partial charge >= 0.3 is 8.56 Å². The van der Waals surface area contributed by atoms with E-state index in [2.05, 4.69) is 41.5 Å². The van der Waals surface area contributed by atoms with E-state index >= 15 is 0 Å². The molecule has 0 radical (unpaired) electrons. The molecule has 0 aliphatic carbocycles. The van der Waals surface area contributed by atoms with Crippen LogP contribution in [-0.2, 0) is 13.6 Å². The summed E-state index contributed by atoms with van der Waals surface area (Å²) in [5.41, 5.74) is 0.270. The predicted octanol–water partition coefficient (Wildman–Crippen LogP) is 3.34. The van der Waals surface area contributed by atoms with Crippen LogP contribution in [0.15, 0.2) is 0 Å². The molecule has 1 heterocycles. The Bertz CT molecular complexity index is 227. The van der Waals surface area contributed by atoms with E-state index < -0.39 is 8.56 Å². The Hall–Kier alpha value is 0.0969. The Labute approximate surface area is 107 Å². The maximum atomic E-state index is 6.23. The van der Waals surface area contributed by atoms with E-state index in [0.717, 1.165) is 25.3 Å². The molecule has 17 heavy (non-hydrogen) atoms. The third kappa shape index (κ3) is 4.36. The summed E-state index contributed by atoms with van der Waals surface area (Å²) >= 11 is 0. The highest BCUT2D eigenvalue weighted by molar-refractivity contribution is 6.67. The van der Waals surface area contributed by atoms with Gasteiger partial charge in [-0.3, -0.25) is 0 Å². The second-order valence-corrected chi connectivity index (χ2v) is 9.43. The van der Waals surface area contributed by atoms with E-state index in [-0.39, 0.29) is 17.6 Å². The van der Waals surface area contributed by atoms with Crippen LogP contribution >= 0.6 is 0 Å². The van der Waals surface area contributed by atoms with Crippen molar-refractivity contribution >= 4 is 8.56 Å². The van der Waals surface area contributed by atoms with E-state index in [9.17, 15) is 0 Å². The van der Waals surface area contributed by atoms with Crippen LogP contribution in [0.5, 0.6) is 0 Å². The van der Waals surface area contributed by atoms with Crippen LogP contribution in [0.1, 0.15) is 41.5 Å². The third-order valence-corrected chi connectivity index (χ3v) is 7.31. The fourth-order valence-corrected chi connectivity index (χ4v) is 6.49. The molecule has 0 bridgehead atoms. The summed E-state index contributed by atoms with van der Waals surface area (Å²) in [6.07, 6.45) is 0.481. The van der Waals surface area contributed by atoms with Gasteiger partial charge in [0, 0.05) is 23.7 Å². The van der Waals surface area contributed by atoms with Crippen molar-refractivity contribution in [3.8, 4) is 0 Å². The van der Waals surface area contributed by atoms with Gasteiger partial charge in [0.2, 0.25) is 0 Å². The summed E-state index contributed by atoms with van der Waals surface area (Å²) in [4.78, 5) is 0. The van der Waals surface area contributed by atoms with Crippen molar-refractivity contribution in [2.45, 2.75) is 65.8 Å². The van der Waals surface area contributed by atoms with Gasteiger partial charge in [-0.15, -0.1) is 0 Å². The lowest BCUT2D eigenvalue weighted by Crippen LogP contribution is -2.53. The van der Waals surface area contributed by atoms with Gasteiger partial charge in [0.05, 0.1) is 13.2 Å². The largest absolute Gasteiger partial charge is 0.392 e. The van der Waals surface area contributed by atoms with E-state index in [4.69, 9.17) is 13.6 Å². The molecule has 0 spiro atoms. The summed E-state index contributed by atoms with van der Waals surface area (Å²) in [5.74, 6) is 0. The van der Waals surface area contributed by atoms with E-state index in [1.54, 1.807) is 0 Å². The Morgan fingerprint density at radius 1 is 1.12 bits per heavy atom. The molecular weight excluding hydrogens is 232 g/mol. The minimum atomic E-state index is -2.08. The van der Waals surface area contributed by atoms with Crippen molar-refractivity contribution in [2.24, 2.45) is 5.41 Å². The number of hydrogen-bond donors (Lipinski definition) is 0. The minimum Gasteiger partial charge on any atom is -0.392 e. The lowest BCUT2D eigenvalue weighted by Gasteiger charge is -2.45. The van der Waals surface area contributed by atoms with Crippen LogP contribution in [0.25, 0.3) is 0 Å². The van der Waals surface area contributed by atoms with Crippen LogP contribution in [0.3, 0.4) is 0 Å². The van der Waals surface area contributed by atoms with Crippen molar-refractivity contribution < 1.29 is 13.6 Å². The fourth-order valence-electron chi connectivity index (χ4n) is 2.46. The van der Waals surface area contributed by atoms with Crippen molar-refractivity contribution in [3.05, 3.63) is 0 Å². The molecule has 0 amide bonds. The molecule has 3 nitrogen and oxygen atoms in total. The first-order valence-corrected chi connectivity index (χ1v) is 8.97.